The molecular formula is C14H16O2. The quantitative estimate of drug-likeness (QED) is 0.769. The molecule has 84 valence electrons. The number of aliphatic hydroxyl groups excluding tert-OH is 1. The van der Waals surface area contributed by atoms with Gasteiger partial charge in [0.25, 0.3) is 0 Å². The van der Waals surface area contributed by atoms with Gasteiger partial charge in [0.1, 0.15) is 5.75 Å². The molecule has 1 N–H and O–H groups in total. The number of fused-ring (bicyclic) bond motifs is 1. The minimum atomic E-state index is -0.391. The molecule has 2 heteroatoms. The highest BCUT2D eigenvalue weighted by Crippen LogP contribution is 2.36. The maximum Gasteiger partial charge on any atom is 0.122 e. The molecule has 1 heterocycles. The van der Waals surface area contributed by atoms with Crippen LogP contribution in [0.25, 0.3) is 0 Å². The van der Waals surface area contributed by atoms with Gasteiger partial charge >= 0.3 is 0 Å². The zero-order valence-corrected chi connectivity index (χ0v) is 9.44. The molecule has 16 heavy (non-hydrogen) atoms. The standard InChI is InChI=1S/C14H16O2/c1-2-3-7-13(15)11-9-10-16-14-8-5-4-6-12(11)14/h4-6,8,11,13,15H,7,9-10H2,1H3. The zero-order chi connectivity index (χ0) is 11.4. The zero-order valence-electron chi connectivity index (χ0n) is 9.44. The van der Waals surface area contributed by atoms with E-state index in [1.807, 2.05) is 24.3 Å². The third-order valence-corrected chi connectivity index (χ3v) is 2.96. The summed E-state index contributed by atoms with van der Waals surface area (Å²) in [5, 5.41) is 10.1. The first-order valence-electron chi connectivity index (χ1n) is 5.62. The van der Waals surface area contributed by atoms with Crippen molar-refractivity contribution < 1.29 is 9.84 Å². The maximum atomic E-state index is 10.1. The molecule has 0 amide bonds. The average Bonchev–Trinajstić information content (AvgIpc) is 2.35. The summed E-state index contributed by atoms with van der Waals surface area (Å²) in [5.74, 6) is 6.82. The van der Waals surface area contributed by atoms with E-state index in [-0.39, 0.29) is 5.92 Å². The van der Waals surface area contributed by atoms with Crippen molar-refractivity contribution in [3.8, 4) is 17.6 Å². The van der Waals surface area contributed by atoms with Gasteiger partial charge < -0.3 is 9.84 Å². The van der Waals surface area contributed by atoms with Gasteiger partial charge in [0.2, 0.25) is 0 Å². The Kier molecular flexibility index (Phi) is 3.48. The van der Waals surface area contributed by atoms with E-state index >= 15 is 0 Å². The van der Waals surface area contributed by atoms with Crippen molar-refractivity contribution >= 4 is 0 Å². The number of para-hydroxylation sites is 1. The predicted molar refractivity (Wildman–Crippen MR) is 63.4 cm³/mol. The van der Waals surface area contributed by atoms with Gasteiger partial charge in [-0.15, -0.1) is 11.8 Å². The third-order valence-electron chi connectivity index (χ3n) is 2.96. The third kappa shape index (κ3) is 2.20. The highest BCUT2D eigenvalue weighted by Gasteiger charge is 2.26. The van der Waals surface area contributed by atoms with Crippen LogP contribution in [-0.4, -0.2) is 17.8 Å². The van der Waals surface area contributed by atoms with Gasteiger partial charge in [0, 0.05) is 12.3 Å². The normalized spacial score (nSPS) is 20.0. The fraction of sp³-hybridized carbons (Fsp3) is 0.429. The molecule has 0 aliphatic carbocycles. The molecule has 1 aliphatic rings. The fourth-order valence-electron chi connectivity index (χ4n) is 2.12. The van der Waals surface area contributed by atoms with Gasteiger partial charge in [-0.3, -0.25) is 0 Å². The second-order valence-electron chi connectivity index (χ2n) is 3.98. The van der Waals surface area contributed by atoms with Gasteiger partial charge in [-0.1, -0.05) is 18.2 Å². The second kappa shape index (κ2) is 5.05. The largest absolute Gasteiger partial charge is 0.493 e. The summed E-state index contributed by atoms with van der Waals surface area (Å²) in [4.78, 5) is 0. The Morgan fingerprint density at radius 2 is 2.31 bits per heavy atom. The van der Waals surface area contributed by atoms with Crippen molar-refractivity contribution in [1.29, 1.82) is 0 Å². The lowest BCUT2D eigenvalue weighted by atomic mass is 9.87. The first-order chi connectivity index (χ1) is 7.83. The van der Waals surface area contributed by atoms with E-state index in [2.05, 4.69) is 11.8 Å². The first kappa shape index (κ1) is 11.0. The van der Waals surface area contributed by atoms with Crippen molar-refractivity contribution in [3.63, 3.8) is 0 Å². The summed E-state index contributed by atoms with van der Waals surface area (Å²) < 4.78 is 5.56. The molecule has 1 aromatic rings. The van der Waals surface area contributed by atoms with Crippen LogP contribution < -0.4 is 4.74 Å². The number of aliphatic hydroxyl groups is 1. The van der Waals surface area contributed by atoms with E-state index in [1.165, 1.54) is 0 Å². The number of ether oxygens (including phenoxy) is 1. The summed E-state index contributed by atoms with van der Waals surface area (Å²) in [6.45, 7) is 2.48. The van der Waals surface area contributed by atoms with Crippen LogP contribution in [0.1, 0.15) is 31.2 Å². The van der Waals surface area contributed by atoms with E-state index in [4.69, 9.17) is 4.74 Å². The van der Waals surface area contributed by atoms with Crippen molar-refractivity contribution in [2.75, 3.05) is 6.61 Å². The highest BCUT2D eigenvalue weighted by molar-refractivity contribution is 5.38. The van der Waals surface area contributed by atoms with Crippen LogP contribution in [-0.2, 0) is 0 Å². The molecule has 0 aromatic heterocycles. The topological polar surface area (TPSA) is 29.5 Å². The van der Waals surface area contributed by atoms with Gasteiger partial charge in [-0.2, -0.15) is 0 Å². The molecule has 2 atom stereocenters. The van der Waals surface area contributed by atoms with E-state index < -0.39 is 6.10 Å². The van der Waals surface area contributed by atoms with Crippen molar-refractivity contribution in [1.82, 2.24) is 0 Å². The van der Waals surface area contributed by atoms with E-state index in [0.717, 1.165) is 17.7 Å². The maximum absolute atomic E-state index is 10.1. The molecule has 2 rings (SSSR count). The summed E-state index contributed by atoms with van der Waals surface area (Å²) in [5.41, 5.74) is 1.11. The molecule has 1 aliphatic heterocycles. The van der Waals surface area contributed by atoms with Gasteiger partial charge in [-0.05, 0) is 25.0 Å². The van der Waals surface area contributed by atoms with Crippen LogP contribution in [0, 0.1) is 11.8 Å². The molecule has 1 aromatic carbocycles. The van der Waals surface area contributed by atoms with Crippen LogP contribution in [0.2, 0.25) is 0 Å². The molecule has 0 radical (unpaired) electrons. The molecule has 0 fully saturated rings. The lowest BCUT2D eigenvalue weighted by molar-refractivity contribution is 0.120. The Balaban J connectivity index is 2.20. The molecule has 0 saturated carbocycles. The SMILES string of the molecule is CC#CCC(O)C1CCOc2ccccc21. The number of hydrogen-bond donors (Lipinski definition) is 1. The van der Waals surface area contributed by atoms with Gasteiger partial charge in [0.05, 0.1) is 12.7 Å². The van der Waals surface area contributed by atoms with Crippen LogP contribution in [0.3, 0.4) is 0 Å². The number of hydrogen-bond acceptors (Lipinski definition) is 2. The fourth-order valence-corrected chi connectivity index (χ4v) is 2.12. The smallest absolute Gasteiger partial charge is 0.122 e. The van der Waals surface area contributed by atoms with Crippen LogP contribution in [0.15, 0.2) is 24.3 Å². The van der Waals surface area contributed by atoms with Gasteiger partial charge in [-0.25, -0.2) is 0 Å². The predicted octanol–water partition coefficient (Wildman–Crippen LogP) is 2.33. The number of benzene rings is 1. The average molecular weight is 216 g/mol. The first-order valence-corrected chi connectivity index (χ1v) is 5.62. The van der Waals surface area contributed by atoms with E-state index in [9.17, 15) is 5.11 Å². The van der Waals surface area contributed by atoms with E-state index in [0.29, 0.717) is 13.0 Å². The molecule has 0 saturated heterocycles. The van der Waals surface area contributed by atoms with E-state index in [1.54, 1.807) is 6.92 Å². The van der Waals surface area contributed by atoms with Crippen LogP contribution >= 0.6 is 0 Å². The summed E-state index contributed by atoms with van der Waals surface area (Å²) in [6.07, 6.45) is 1.01. The Morgan fingerprint density at radius 3 is 3.12 bits per heavy atom. The molecule has 2 nitrogen and oxygen atoms in total. The Morgan fingerprint density at radius 1 is 1.50 bits per heavy atom. The van der Waals surface area contributed by atoms with Gasteiger partial charge in [0.15, 0.2) is 0 Å². The summed E-state index contributed by atoms with van der Waals surface area (Å²) in [7, 11) is 0. The van der Waals surface area contributed by atoms with Crippen molar-refractivity contribution in [2.24, 2.45) is 0 Å². The Bertz CT molecular complexity index is 414. The Hall–Kier alpha value is -1.46. The monoisotopic (exact) mass is 216 g/mol. The molecule has 0 bridgehead atoms. The summed E-state index contributed by atoms with van der Waals surface area (Å²) in [6, 6.07) is 7.93. The van der Waals surface area contributed by atoms with Crippen molar-refractivity contribution in [2.45, 2.75) is 31.8 Å². The number of rotatable bonds is 2. The highest BCUT2D eigenvalue weighted by atomic mass is 16.5. The lowest BCUT2D eigenvalue weighted by Crippen LogP contribution is -2.24. The molecule has 2 unspecified atom stereocenters. The molecular weight excluding hydrogens is 200 g/mol. The second-order valence-corrected chi connectivity index (χ2v) is 3.98. The lowest BCUT2D eigenvalue weighted by Gasteiger charge is -2.28. The van der Waals surface area contributed by atoms with Crippen LogP contribution in [0.5, 0.6) is 5.75 Å². The molecule has 0 spiro atoms. The van der Waals surface area contributed by atoms with Crippen LogP contribution in [0.4, 0.5) is 0 Å². The minimum absolute atomic E-state index is 0.158. The Labute approximate surface area is 96.3 Å². The summed E-state index contributed by atoms with van der Waals surface area (Å²) >= 11 is 0. The minimum Gasteiger partial charge on any atom is -0.493 e. The van der Waals surface area contributed by atoms with Crippen molar-refractivity contribution in [3.05, 3.63) is 29.8 Å².